The largest absolute Gasteiger partial charge is 0.319 e. The summed E-state index contributed by atoms with van der Waals surface area (Å²) < 4.78 is 2.48. The Balaban J connectivity index is 1.74. The summed E-state index contributed by atoms with van der Waals surface area (Å²) in [4.78, 5) is 6.01. The normalized spacial score (nSPS) is 37.7. The molecule has 92 valence electrons. The molecule has 2 aromatic rings. The van der Waals surface area contributed by atoms with Gasteiger partial charge in [-0.1, -0.05) is 13.8 Å². The number of hydrogen-bond acceptors (Lipinski definition) is 2. The number of aromatic nitrogens is 2. The van der Waals surface area contributed by atoms with Crippen molar-refractivity contribution >= 4 is 11.3 Å². The van der Waals surface area contributed by atoms with Gasteiger partial charge in [0, 0.05) is 10.4 Å². The van der Waals surface area contributed by atoms with Crippen LogP contribution in [-0.4, -0.2) is 9.55 Å². The molecule has 2 saturated carbocycles. The van der Waals surface area contributed by atoms with Gasteiger partial charge in [-0.05, 0) is 41.5 Å². The van der Waals surface area contributed by atoms with Crippen LogP contribution in [0.15, 0.2) is 24.0 Å². The summed E-state index contributed by atoms with van der Waals surface area (Å²) in [6.07, 6.45) is 6.84. The molecule has 2 aliphatic carbocycles. The summed E-state index contributed by atoms with van der Waals surface area (Å²) in [5.74, 6) is 1.70. The predicted molar refractivity (Wildman–Crippen MR) is 72.6 cm³/mol. The molecule has 18 heavy (non-hydrogen) atoms. The Kier molecular flexibility index (Phi) is 1.41. The maximum absolute atomic E-state index is 4.39. The van der Waals surface area contributed by atoms with Crippen molar-refractivity contribution in [3.05, 3.63) is 28.8 Å². The van der Waals surface area contributed by atoms with Gasteiger partial charge in [-0.15, -0.1) is 11.3 Å². The minimum atomic E-state index is 0.310. The second-order valence-electron chi connectivity index (χ2n) is 6.92. The van der Waals surface area contributed by atoms with Crippen molar-refractivity contribution in [2.45, 2.75) is 32.2 Å². The van der Waals surface area contributed by atoms with Crippen molar-refractivity contribution in [3.8, 4) is 11.3 Å². The Labute approximate surface area is 111 Å². The zero-order valence-electron chi connectivity index (χ0n) is 10.7. The van der Waals surface area contributed by atoms with Gasteiger partial charge in [0.05, 0.1) is 23.8 Å². The molecule has 3 heterocycles. The Bertz CT molecular complexity index is 607. The van der Waals surface area contributed by atoms with Crippen molar-refractivity contribution in [1.82, 2.24) is 9.55 Å². The van der Waals surface area contributed by atoms with E-state index in [0.29, 0.717) is 11.0 Å². The highest BCUT2D eigenvalue weighted by atomic mass is 32.1. The Morgan fingerprint density at radius 1 is 1.33 bits per heavy atom. The topological polar surface area (TPSA) is 17.8 Å². The van der Waals surface area contributed by atoms with Crippen molar-refractivity contribution in [1.29, 1.82) is 0 Å². The summed E-state index contributed by atoms with van der Waals surface area (Å²) >= 11 is 1.95. The van der Waals surface area contributed by atoms with E-state index in [1.807, 2.05) is 17.5 Å². The van der Waals surface area contributed by atoms with Gasteiger partial charge in [-0.25, -0.2) is 4.98 Å². The average Bonchev–Trinajstić information content (AvgIpc) is 2.86. The second-order valence-corrected chi connectivity index (χ2v) is 7.84. The first-order chi connectivity index (χ1) is 8.64. The van der Waals surface area contributed by atoms with E-state index in [0.717, 1.165) is 11.8 Å². The van der Waals surface area contributed by atoms with Gasteiger partial charge in [-0.2, -0.15) is 0 Å². The third-order valence-corrected chi connectivity index (χ3v) is 6.45. The molecule has 3 aliphatic rings. The van der Waals surface area contributed by atoms with Crippen LogP contribution in [0, 0.1) is 17.3 Å². The van der Waals surface area contributed by atoms with Crippen LogP contribution in [0.4, 0.5) is 0 Å². The lowest BCUT2D eigenvalue weighted by Crippen LogP contribution is -2.24. The van der Waals surface area contributed by atoms with E-state index in [1.54, 1.807) is 4.88 Å². The van der Waals surface area contributed by atoms with Crippen LogP contribution in [0.3, 0.4) is 0 Å². The predicted octanol–water partition coefficient (Wildman–Crippen LogP) is 3.73. The van der Waals surface area contributed by atoms with E-state index in [2.05, 4.69) is 41.2 Å². The maximum atomic E-state index is 4.39. The lowest BCUT2D eigenvalue weighted by atomic mass is 9.84. The standard InChI is InChI=1S/C15H16N2S/c1-14(2)5-10-11(6-14)15(10)13-9(3-4-18-13)12-7-16-8-17(12)15/h3-4,7-8,10-11H,5-6H2,1-2H3. The third-order valence-electron chi connectivity index (χ3n) is 5.39. The first-order valence-electron chi connectivity index (χ1n) is 6.76. The minimum absolute atomic E-state index is 0.310. The van der Waals surface area contributed by atoms with E-state index in [9.17, 15) is 0 Å². The summed E-state index contributed by atoms with van der Waals surface area (Å²) in [5.41, 5.74) is 3.65. The number of nitrogens with zero attached hydrogens (tertiary/aromatic N) is 2. The van der Waals surface area contributed by atoms with Gasteiger partial charge in [0.25, 0.3) is 0 Å². The fourth-order valence-electron chi connectivity index (χ4n) is 4.81. The molecule has 0 amide bonds. The van der Waals surface area contributed by atoms with Crippen molar-refractivity contribution in [3.63, 3.8) is 0 Å². The first-order valence-corrected chi connectivity index (χ1v) is 7.64. The molecule has 1 aliphatic heterocycles. The monoisotopic (exact) mass is 256 g/mol. The quantitative estimate of drug-likeness (QED) is 0.702. The molecule has 2 aromatic heterocycles. The SMILES string of the molecule is CC1(C)CC2C(C1)C21c2sccc2-c2cncn21. The van der Waals surface area contributed by atoms with Crippen LogP contribution in [-0.2, 0) is 5.54 Å². The second kappa shape index (κ2) is 2.60. The lowest BCUT2D eigenvalue weighted by Gasteiger charge is -2.27. The Morgan fingerprint density at radius 3 is 2.89 bits per heavy atom. The summed E-state index contributed by atoms with van der Waals surface area (Å²) in [6, 6.07) is 2.28. The molecule has 3 heteroatoms. The molecular weight excluding hydrogens is 240 g/mol. The summed E-state index contributed by atoms with van der Waals surface area (Å²) in [7, 11) is 0. The number of imidazole rings is 1. The molecule has 1 spiro atoms. The smallest absolute Gasteiger partial charge is 0.0959 e. The van der Waals surface area contributed by atoms with Gasteiger partial charge in [0.2, 0.25) is 0 Å². The molecule has 5 rings (SSSR count). The highest BCUT2D eigenvalue weighted by molar-refractivity contribution is 7.10. The molecule has 0 aromatic carbocycles. The van der Waals surface area contributed by atoms with Gasteiger partial charge in [0.1, 0.15) is 0 Å². The molecule has 0 saturated heterocycles. The van der Waals surface area contributed by atoms with Crippen LogP contribution in [0.5, 0.6) is 0 Å². The molecule has 0 radical (unpaired) electrons. The molecular formula is C15H16N2S. The number of hydrogen-bond donors (Lipinski definition) is 0. The van der Waals surface area contributed by atoms with Gasteiger partial charge in [0.15, 0.2) is 0 Å². The first kappa shape index (κ1) is 9.79. The van der Waals surface area contributed by atoms with E-state index in [1.165, 1.54) is 24.1 Å². The Morgan fingerprint density at radius 2 is 2.11 bits per heavy atom. The van der Waals surface area contributed by atoms with Crippen LogP contribution < -0.4 is 0 Å². The summed E-state index contributed by atoms with van der Waals surface area (Å²) in [6.45, 7) is 4.85. The molecule has 0 N–H and O–H groups in total. The molecule has 0 bridgehead atoms. The molecule has 2 atom stereocenters. The van der Waals surface area contributed by atoms with Gasteiger partial charge >= 0.3 is 0 Å². The zero-order valence-corrected chi connectivity index (χ0v) is 11.5. The van der Waals surface area contributed by atoms with E-state index >= 15 is 0 Å². The highest BCUT2D eigenvalue weighted by Gasteiger charge is 2.74. The fraction of sp³-hybridized carbons (Fsp3) is 0.533. The average molecular weight is 256 g/mol. The van der Waals surface area contributed by atoms with Crippen LogP contribution >= 0.6 is 11.3 Å². The molecule has 2 fully saturated rings. The van der Waals surface area contributed by atoms with Crippen LogP contribution in [0.2, 0.25) is 0 Å². The van der Waals surface area contributed by atoms with E-state index < -0.39 is 0 Å². The van der Waals surface area contributed by atoms with Gasteiger partial charge < -0.3 is 4.57 Å². The fourth-order valence-corrected chi connectivity index (χ4v) is 6.03. The van der Waals surface area contributed by atoms with Crippen LogP contribution in [0.25, 0.3) is 11.3 Å². The van der Waals surface area contributed by atoms with Crippen LogP contribution in [0.1, 0.15) is 31.6 Å². The number of fused-ring (bicyclic) bond motifs is 8. The van der Waals surface area contributed by atoms with E-state index in [-0.39, 0.29) is 0 Å². The zero-order chi connectivity index (χ0) is 12.1. The minimum Gasteiger partial charge on any atom is -0.319 e. The van der Waals surface area contributed by atoms with E-state index in [4.69, 9.17) is 0 Å². The highest BCUT2D eigenvalue weighted by Crippen LogP contribution is 2.76. The maximum Gasteiger partial charge on any atom is 0.0959 e. The summed E-state index contributed by atoms with van der Waals surface area (Å²) in [5, 5.41) is 2.25. The molecule has 2 nitrogen and oxygen atoms in total. The van der Waals surface area contributed by atoms with Crippen molar-refractivity contribution < 1.29 is 0 Å². The van der Waals surface area contributed by atoms with Gasteiger partial charge in [-0.3, -0.25) is 0 Å². The molecule has 2 unspecified atom stereocenters. The van der Waals surface area contributed by atoms with Crippen molar-refractivity contribution in [2.75, 3.05) is 0 Å². The van der Waals surface area contributed by atoms with Crippen molar-refractivity contribution in [2.24, 2.45) is 17.3 Å². The third kappa shape index (κ3) is 0.831. The number of rotatable bonds is 0. The lowest BCUT2D eigenvalue weighted by molar-refractivity contribution is 0.283. The number of thiophene rings is 1. The Hall–Kier alpha value is -1.09.